The minimum Gasteiger partial charge on any atom is -0.299 e. The van der Waals surface area contributed by atoms with E-state index < -0.39 is 11.8 Å². The van der Waals surface area contributed by atoms with E-state index in [2.05, 4.69) is 13.0 Å². The largest absolute Gasteiger partial charge is 0.299 e. The van der Waals surface area contributed by atoms with Crippen LogP contribution in [0.2, 0.25) is 0 Å². The molecule has 3 heteroatoms. The SMILES string of the molecule is C[C@]12CCC(=O)CC1=CC[C@H]1[C@@H]3CCC[C@@]3(C(F)F)CC[C@@H]12. The Labute approximate surface area is 131 Å². The first-order valence-electron chi connectivity index (χ1n) is 8.97. The summed E-state index contributed by atoms with van der Waals surface area (Å²) in [6.45, 7) is 2.31. The Balaban J connectivity index is 1.69. The summed E-state index contributed by atoms with van der Waals surface area (Å²) in [5.41, 5.74) is 0.744. The van der Waals surface area contributed by atoms with Gasteiger partial charge in [-0.1, -0.05) is 25.0 Å². The molecule has 0 amide bonds. The van der Waals surface area contributed by atoms with Gasteiger partial charge in [0.25, 0.3) is 0 Å². The second-order valence-electron chi connectivity index (χ2n) is 8.44. The van der Waals surface area contributed by atoms with Crippen molar-refractivity contribution in [1.29, 1.82) is 0 Å². The molecule has 0 aromatic carbocycles. The molecule has 3 saturated carbocycles. The third kappa shape index (κ3) is 1.83. The minimum absolute atomic E-state index is 0.105. The molecule has 0 saturated heterocycles. The van der Waals surface area contributed by atoms with Crippen LogP contribution in [0.3, 0.4) is 0 Å². The molecule has 0 aromatic heterocycles. The summed E-state index contributed by atoms with van der Waals surface area (Å²) in [6.07, 6.45) is 7.60. The van der Waals surface area contributed by atoms with Crippen molar-refractivity contribution in [2.45, 2.75) is 71.1 Å². The fourth-order valence-corrected chi connectivity index (χ4v) is 6.56. The van der Waals surface area contributed by atoms with Crippen LogP contribution in [0.5, 0.6) is 0 Å². The van der Waals surface area contributed by atoms with E-state index in [0.717, 1.165) is 38.5 Å². The molecule has 0 aliphatic heterocycles. The number of carbonyl (C=O) groups excluding carboxylic acids is 1. The summed E-state index contributed by atoms with van der Waals surface area (Å²) in [7, 11) is 0. The Morgan fingerprint density at radius 1 is 1.18 bits per heavy atom. The van der Waals surface area contributed by atoms with Crippen molar-refractivity contribution in [2.24, 2.45) is 28.6 Å². The Morgan fingerprint density at radius 3 is 2.77 bits per heavy atom. The summed E-state index contributed by atoms with van der Waals surface area (Å²) in [5, 5.41) is 0. The summed E-state index contributed by atoms with van der Waals surface area (Å²) >= 11 is 0. The summed E-state index contributed by atoms with van der Waals surface area (Å²) < 4.78 is 27.7. The highest BCUT2D eigenvalue weighted by molar-refractivity contribution is 5.82. The van der Waals surface area contributed by atoms with Crippen molar-refractivity contribution in [3.63, 3.8) is 0 Å². The van der Waals surface area contributed by atoms with Gasteiger partial charge in [-0.2, -0.15) is 0 Å². The molecule has 4 aliphatic carbocycles. The lowest BCUT2D eigenvalue weighted by Crippen LogP contribution is -2.51. The quantitative estimate of drug-likeness (QED) is 0.612. The van der Waals surface area contributed by atoms with Gasteiger partial charge in [-0.25, -0.2) is 8.78 Å². The number of allylic oxidation sites excluding steroid dienone is 2. The van der Waals surface area contributed by atoms with E-state index in [-0.39, 0.29) is 11.3 Å². The summed E-state index contributed by atoms with van der Waals surface area (Å²) in [4.78, 5) is 11.8. The topological polar surface area (TPSA) is 17.1 Å². The number of fused-ring (bicyclic) bond motifs is 5. The van der Waals surface area contributed by atoms with E-state index in [9.17, 15) is 13.6 Å². The lowest BCUT2D eigenvalue weighted by molar-refractivity contribution is -0.126. The van der Waals surface area contributed by atoms with Crippen molar-refractivity contribution in [3.8, 4) is 0 Å². The van der Waals surface area contributed by atoms with Crippen LogP contribution in [0.4, 0.5) is 8.78 Å². The van der Waals surface area contributed by atoms with Crippen LogP contribution in [0, 0.1) is 28.6 Å². The van der Waals surface area contributed by atoms with Crippen molar-refractivity contribution < 1.29 is 13.6 Å². The lowest BCUT2D eigenvalue weighted by atomic mass is 9.48. The van der Waals surface area contributed by atoms with Crippen molar-refractivity contribution in [2.75, 3.05) is 0 Å². The van der Waals surface area contributed by atoms with Gasteiger partial charge >= 0.3 is 0 Å². The first kappa shape index (κ1) is 14.8. The fourth-order valence-electron chi connectivity index (χ4n) is 6.56. The highest BCUT2D eigenvalue weighted by Crippen LogP contribution is 2.66. The number of hydrogen-bond acceptors (Lipinski definition) is 1. The molecule has 122 valence electrons. The lowest BCUT2D eigenvalue weighted by Gasteiger charge is -2.57. The molecule has 5 atom stereocenters. The number of carbonyl (C=O) groups is 1. The molecule has 0 radical (unpaired) electrons. The first-order valence-corrected chi connectivity index (χ1v) is 8.97. The monoisotopic (exact) mass is 308 g/mol. The van der Waals surface area contributed by atoms with Gasteiger partial charge < -0.3 is 0 Å². The van der Waals surface area contributed by atoms with Crippen LogP contribution in [-0.4, -0.2) is 12.2 Å². The zero-order chi connectivity index (χ0) is 15.5. The summed E-state index contributed by atoms with van der Waals surface area (Å²) in [6, 6.07) is 0. The van der Waals surface area contributed by atoms with E-state index in [1.165, 1.54) is 5.57 Å². The van der Waals surface area contributed by atoms with Crippen LogP contribution in [0.25, 0.3) is 0 Å². The molecule has 0 unspecified atom stereocenters. The fraction of sp³-hybridized carbons (Fsp3) is 0.842. The first-order chi connectivity index (χ1) is 10.5. The maximum Gasteiger partial charge on any atom is 0.244 e. The number of hydrogen-bond donors (Lipinski definition) is 0. The number of Topliss-reactive ketones (excluding diaryl/α,β-unsaturated/α-hetero) is 1. The molecule has 4 aliphatic rings. The summed E-state index contributed by atoms with van der Waals surface area (Å²) in [5.74, 6) is 1.52. The zero-order valence-electron chi connectivity index (χ0n) is 13.4. The minimum atomic E-state index is -2.16. The van der Waals surface area contributed by atoms with Gasteiger partial charge in [0.05, 0.1) is 0 Å². The van der Waals surface area contributed by atoms with Crippen LogP contribution in [-0.2, 0) is 4.79 Å². The van der Waals surface area contributed by atoms with Gasteiger partial charge in [0.1, 0.15) is 5.78 Å². The van der Waals surface area contributed by atoms with Crippen molar-refractivity contribution in [3.05, 3.63) is 11.6 Å². The molecular weight excluding hydrogens is 282 g/mol. The van der Waals surface area contributed by atoms with Gasteiger partial charge in [0.2, 0.25) is 6.43 Å². The van der Waals surface area contributed by atoms with Crippen LogP contribution in [0.15, 0.2) is 11.6 Å². The number of halogens is 2. The Hall–Kier alpha value is -0.730. The van der Waals surface area contributed by atoms with E-state index in [0.29, 0.717) is 36.9 Å². The van der Waals surface area contributed by atoms with E-state index in [4.69, 9.17) is 0 Å². The normalized spacial score (nSPS) is 47.7. The highest BCUT2D eigenvalue weighted by Gasteiger charge is 2.60. The van der Waals surface area contributed by atoms with Gasteiger partial charge in [0, 0.05) is 18.3 Å². The molecule has 4 rings (SSSR count). The van der Waals surface area contributed by atoms with E-state index in [1.54, 1.807) is 0 Å². The smallest absolute Gasteiger partial charge is 0.244 e. The molecule has 0 aromatic rings. The Kier molecular flexibility index (Phi) is 3.29. The van der Waals surface area contributed by atoms with E-state index >= 15 is 0 Å². The van der Waals surface area contributed by atoms with Gasteiger partial charge in [0.15, 0.2) is 0 Å². The molecule has 0 N–H and O–H groups in total. The predicted molar refractivity (Wildman–Crippen MR) is 81.7 cm³/mol. The number of alkyl halides is 2. The van der Waals surface area contributed by atoms with Crippen molar-refractivity contribution >= 4 is 5.78 Å². The third-order valence-corrected chi connectivity index (χ3v) is 7.78. The Bertz CT molecular complexity index is 526. The van der Waals surface area contributed by atoms with Crippen LogP contribution < -0.4 is 0 Å². The highest BCUT2D eigenvalue weighted by atomic mass is 19.3. The molecule has 22 heavy (non-hydrogen) atoms. The average Bonchev–Trinajstić information content (AvgIpc) is 2.93. The molecular formula is C19H26F2O. The van der Waals surface area contributed by atoms with Crippen molar-refractivity contribution in [1.82, 2.24) is 0 Å². The molecule has 3 fully saturated rings. The zero-order valence-corrected chi connectivity index (χ0v) is 13.4. The Morgan fingerprint density at radius 2 is 2.00 bits per heavy atom. The molecule has 0 spiro atoms. The van der Waals surface area contributed by atoms with Crippen LogP contribution in [0.1, 0.15) is 64.7 Å². The number of rotatable bonds is 1. The van der Waals surface area contributed by atoms with Gasteiger partial charge in [-0.15, -0.1) is 0 Å². The van der Waals surface area contributed by atoms with Crippen LogP contribution >= 0.6 is 0 Å². The maximum absolute atomic E-state index is 13.8. The van der Waals surface area contributed by atoms with E-state index in [1.807, 2.05) is 0 Å². The van der Waals surface area contributed by atoms with Gasteiger partial charge in [-0.3, -0.25) is 4.79 Å². The third-order valence-electron chi connectivity index (χ3n) is 7.78. The molecule has 1 nitrogen and oxygen atoms in total. The average molecular weight is 308 g/mol. The second-order valence-corrected chi connectivity index (χ2v) is 8.44. The van der Waals surface area contributed by atoms with Gasteiger partial charge in [-0.05, 0) is 61.7 Å². The predicted octanol–water partition coefficient (Wildman–Crippen LogP) is 5.15. The molecule has 0 heterocycles. The maximum atomic E-state index is 13.8. The molecule has 0 bridgehead atoms. The number of ketones is 1. The standard InChI is InChI=1S/C19H26F2O/c1-18-9-6-13(22)11-12(18)4-5-14-15(18)7-10-19(17(20)21)8-2-3-16(14)19/h4,14-17H,2-3,5-11H2,1H3/t14-,15+,16+,18+,19-/m1/s1. The second kappa shape index (κ2) is 4.88.